The number of halogens is 2. The predicted molar refractivity (Wildman–Crippen MR) is 96.7 cm³/mol. The molecule has 0 aliphatic carbocycles. The van der Waals surface area contributed by atoms with E-state index in [1.54, 1.807) is 20.2 Å². The molecule has 4 nitrogen and oxygen atoms in total. The highest BCUT2D eigenvalue weighted by Gasteiger charge is 2.03. The number of nitrogens with one attached hydrogen (secondary N) is 2. The van der Waals surface area contributed by atoms with E-state index in [0.29, 0.717) is 6.54 Å². The van der Waals surface area contributed by atoms with Crippen LogP contribution in [0, 0.1) is 0 Å². The van der Waals surface area contributed by atoms with E-state index in [-0.39, 0.29) is 24.0 Å². The molecule has 0 heterocycles. The Labute approximate surface area is 142 Å². The molecule has 0 amide bonds. The van der Waals surface area contributed by atoms with Crippen LogP contribution in [0.5, 0.6) is 5.75 Å². The lowest BCUT2D eigenvalue weighted by Crippen LogP contribution is -2.38. The first-order valence-electron chi connectivity index (χ1n) is 6.09. The number of methoxy groups -OCH3 is 1. The van der Waals surface area contributed by atoms with E-state index >= 15 is 0 Å². The Hall–Kier alpha value is -0.950. The first-order valence-corrected chi connectivity index (χ1v) is 6.47. The van der Waals surface area contributed by atoms with Gasteiger partial charge in [0.1, 0.15) is 5.75 Å². The largest absolute Gasteiger partial charge is 0.497 e. The second kappa shape index (κ2) is 10.8. The molecular weight excluding hydrogens is 389 g/mol. The van der Waals surface area contributed by atoms with Crippen LogP contribution in [0.4, 0.5) is 0 Å². The third kappa shape index (κ3) is 6.47. The number of ether oxygens (including phenoxy) is 1. The van der Waals surface area contributed by atoms with Gasteiger partial charge in [-0.05, 0) is 24.1 Å². The number of aliphatic imine (C=N–C) groups is 1. The van der Waals surface area contributed by atoms with E-state index in [1.807, 2.05) is 18.2 Å². The zero-order valence-electron chi connectivity index (χ0n) is 11.8. The Bertz CT molecular complexity index is 452. The van der Waals surface area contributed by atoms with Crippen molar-refractivity contribution in [2.45, 2.75) is 6.42 Å². The highest BCUT2D eigenvalue weighted by Crippen LogP contribution is 2.22. The minimum atomic E-state index is 0. The fourth-order valence-corrected chi connectivity index (χ4v) is 1.83. The van der Waals surface area contributed by atoms with Crippen molar-refractivity contribution in [3.8, 4) is 5.75 Å². The highest BCUT2D eigenvalue weighted by molar-refractivity contribution is 14.0. The molecule has 0 saturated carbocycles. The molecule has 0 atom stereocenters. The summed E-state index contributed by atoms with van der Waals surface area (Å²) in [6, 6.07) is 5.70. The van der Waals surface area contributed by atoms with E-state index < -0.39 is 0 Å². The summed E-state index contributed by atoms with van der Waals surface area (Å²) in [7, 11) is 3.36. The van der Waals surface area contributed by atoms with Crippen LogP contribution in [-0.4, -0.2) is 33.2 Å². The molecule has 0 saturated heterocycles. The molecule has 112 valence electrons. The zero-order chi connectivity index (χ0) is 14.1. The summed E-state index contributed by atoms with van der Waals surface area (Å²) in [4.78, 5) is 4.10. The summed E-state index contributed by atoms with van der Waals surface area (Å²) in [5.74, 6) is 1.52. The lowest BCUT2D eigenvalue weighted by atomic mass is 10.1. The number of rotatable bonds is 6. The van der Waals surface area contributed by atoms with Gasteiger partial charge < -0.3 is 15.4 Å². The van der Waals surface area contributed by atoms with Gasteiger partial charge in [-0.25, -0.2) is 0 Å². The first kappa shape index (κ1) is 19.1. The number of guanidine groups is 1. The minimum absolute atomic E-state index is 0. The highest BCUT2D eigenvalue weighted by atomic mass is 127. The third-order valence-electron chi connectivity index (χ3n) is 2.58. The Morgan fingerprint density at radius 1 is 1.45 bits per heavy atom. The minimum Gasteiger partial charge on any atom is -0.497 e. The van der Waals surface area contributed by atoms with Crippen LogP contribution >= 0.6 is 35.6 Å². The number of hydrogen-bond acceptors (Lipinski definition) is 2. The summed E-state index contributed by atoms with van der Waals surface area (Å²) in [6.07, 6.45) is 2.60. The Kier molecular flexibility index (Phi) is 10.3. The van der Waals surface area contributed by atoms with Gasteiger partial charge in [-0.1, -0.05) is 23.7 Å². The van der Waals surface area contributed by atoms with Crippen molar-refractivity contribution in [2.24, 2.45) is 4.99 Å². The molecule has 1 aromatic rings. The second-order valence-electron chi connectivity index (χ2n) is 3.88. The Balaban J connectivity index is 0.00000361. The molecule has 0 fully saturated rings. The molecule has 0 bridgehead atoms. The predicted octanol–water partition coefficient (Wildman–Crippen LogP) is 2.86. The van der Waals surface area contributed by atoms with Gasteiger partial charge in [0, 0.05) is 25.2 Å². The molecule has 0 unspecified atom stereocenters. The van der Waals surface area contributed by atoms with Crippen LogP contribution in [0.2, 0.25) is 5.02 Å². The van der Waals surface area contributed by atoms with Crippen molar-refractivity contribution >= 4 is 41.5 Å². The molecule has 0 radical (unpaired) electrons. The van der Waals surface area contributed by atoms with Crippen LogP contribution in [0.25, 0.3) is 0 Å². The van der Waals surface area contributed by atoms with Gasteiger partial charge in [0.2, 0.25) is 0 Å². The van der Waals surface area contributed by atoms with Crippen molar-refractivity contribution in [1.29, 1.82) is 0 Å². The summed E-state index contributed by atoms with van der Waals surface area (Å²) in [5, 5.41) is 7.03. The topological polar surface area (TPSA) is 45.7 Å². The summed E-state index contributed by atoms with van der Waals surface area (Å²) in [6.45, 7) is 5.08. The first-order chi connectivity index (χ1) is 9.21. The maximum Gasteiger partial charge on any atom is 0.191 e. The molecule has 1 aromatic carbocycles. The van der Waals surface area contributed by atoms with Gasteiger partial charge in [-0.2, -0.15) is 0 Å². The van der Waals surface area contributed by atoms with E-state index in [4.69, 9.17) is 16.3 Å². The number of nitrogens with zero attached hydrogens (tertiary/aromatic N) is 1. The van der Waals surface area contributed by atoms with Gasteiger partial charge >= 0.3 is 0 Å². The number of benzene rings is 1. The van der Waals surface area contributed by atoms with Crippen LogP contribution < -0.4 is 15.4 Å². The van der Waals surface area contributed by atoms with Gasteiger partial charge in [0.05, 0.1) is 7.11 Å². The van der Waals surface area contributed by atoms with E-state index in [1.165, 1.54) is 0 Å². The normalized spacial score (nSPS) is 10.4. The standard InChI is InChI=1S/C14H20ClN3O.HI/c1-4-8-17-14(16-2)18-9-7-11-5-6-12(19-3)10-13(11)15;/h4-6,10H,1,7-9H2,2-3H3,(H2,16,17,18);1H. The molecule has 20 heavy (non-hydrogen) atoms. The number of hydrogen-bond donors (Lipinski definition) is 2. The SMILES string of the molecule is C=CCNC(=NC)NCCc1ccc(OC)cc1Cl.I. The molecule has 0 aromatic heterocycles. The molecule has 2 N–H and O–H groups in total. The van der Waals surface area contributed by atoms with Crippen molar-refractivity contribution in [3.05, 3.63) is 41.4 Å². The van der Waals surface area contributed by atoms with Crippen LogP contribution in [0.15, 0.2) is 35.8 Å². The zero-order valence-corrected chi connectivity index (χ0v) is 14.9. The molecule has 1 rings (SSSR count). The molecule has 0 spiro atoms. The summed E-state index contributed by atoms with van der Waals surface area (Å²) < 4.78 is 5.12. The Morgan fingerprint density at radius 3 is 2.75 bits per heavy atom. The van der Waals surface area contributed by atoms with Crippen molar-refractivity contribution in [1.82, 2.24) is 10.6 Å². The van der Waals surface area contributed by atoms with Crippen LogP contribution in [-0.2, 0) is 6.42 Å². The lowest BCUT2D eigenvalue weighted by Gasteiger charge is -2.11. The van der Waals surface area contributed by atoms with Gasteiger partial charge in [-0.3, -0.25) is 4.99 Å². The quantitative estimate of drug-likeness (QED) is 0.329. The van der Waals surface area contributed by atoms with Crippen molar-refractivity contribution in [2.75, 3.05) is 27.2 Å². The van der Waals surface area contributed by atoms with E-state index in [2.05, 4.69) is 22.2 Å². The smallest absolute Gasteiger partial charge is 0.191 e. The molecule has 6 heteroatoms. The average Bonchev–Trinajstić information content (AvgIpc) is 2.44. The van der Waals surface area contributed by atoms with Crippen LogP contribution in [0.3, 0.4) is 0 Å². The average molecular weight is 410 g/mol. The fraction of sp³-hybridized carbons (Fsp3) is 0.357. The van der Waals surface area contributed by atoms with Gasteiger partial charge in [-0.15, -0.1) is 30.6 Å². The van der Waals surface area contributed by atoms with E-state index in [9.17, 15) is 0 Å². The monoisotopic (exact) mass is 409 g/mol. The van der Waals surface area contributed by atoms with Crippen molar-refractivity contribution in [3.63, 3.8) is 0 Å². The maximum absolute atomic E-state index is 6.17. The second-order valence-corrected chi connectivity index (χ2v) is 4.28. The molecular formula is C14H21ClIN3O. The lowest BCUT2D eigenvalue weighted by molar-refractivity contribution is 0.414. The molecule has 0 aliphatic rings. The van der Waals surface area contributed by atoms with Gasteiger partial charge in [0.25, 0.3) is 0 Å². The summed E-state index contributed by atoms with van der Waals surface area (Å²) in [5.41, 5.74) is 1.08. The van der Waals surface area contributed by atoms with Crippen molar-refractivity contribution < 1.29 is 4.74 Å². The maximum atomic E-state index is 6.17. The van der Waals surface area contributed by atoms with Gasteiger partial charge in [0.15, 0.2) is 5.96 Å². The fourth-order valence-electron chi connectivity index (χ4n) is 1.56. The summed E-state index contributed by atoms with van der Waals surface area (Å²) >= 11 is 6.17. The van der Waals surface area contributed by atoms with Crippen LogP contribution in [0.1, 0.15) is 5.56 Å². The third-order valence-corrected chi connectivity index (χ3v) is 2.94. The van der Waals surface area contributed by atoms with E-state index in [0.717, 1.165) is 35.3 Å². The molecule has 0 aliphatic heterocycles. The Morgan fingerprint density at radius 2 is 2.20 bits per heavy atom.